The third kappa shape index (κ3) is 3.10. The molecule has 1 heterocycles. The molecule has 2 rings (SSSR count). The fraction of sp³-hybridized carbons (Fsp3) is 0.667. The quantitative estimate of drug-likeness (QED) is 0.620. The molecule has 1 aliphatic rings. The van der Waals surface area contributed by atoms with E-state index in [0.29, 0.717) is 6.04 Å². The van der Waals surface area contributed by atoms with Gasteiger partial charge < -0.3 is 10.0 Å². The Kier molecular flexibility index (Phi) is 4.62. The predicted molar refractivity (Wildman–Crippen MR) is 70.5 cm³/mol. The van der Waals surface area contributed by atoms with Crippen LogP contribution < -0.4 is 4.90 Å². The largest absolute Gasteiger partial charge is 0.396 e. The Balaban J connectivity index is 2.11. The highest BCUT2D eigenvalue weighted by Crippen LogP contribution is 2.29. The van der Waals surface area contributed by atoms with Gasteiger partial charge in [0.1, 0.15) is 17.2 Å². The van der Waals surface area contributed by atoms with Gasteiger partial charge in [0.2, 0.25) is 0 Å². The van der Waals surface area contributed by atoms with Crippen LogP contribution in [0, 0.1) is 0 Å². The molecule has 4 nitrogen and oxygen atoms in total. The number of rotatable bonds is 6. The minimum Gasteiger partial charge on any atom is -0.396 e. The van der Waals surface area contributed by atoms with Crippen molar-refractivity contribution in [3.05, 3.63) is 12.4 Å². The lowest BCUT2D eigenvalue weighted by Crippen LogP contribution is -2.41. The van der Waals surface area contributed by atoms with Gasteiger partial charge in [-0.1, -0.05) is 0 Å². The Morgan fingerprint density at radius 1 is 1.47 bits per heavy atom. The maximum atomic E-state index is 8.97. The summed E-state index contributed by atoms with van der Waals surface area (Å²) in [6.45, 7) is 1.12. The second kappa shape index (κ2) is 6.21. The van der Waals surface area contributed by atoms with Crippen LogP contribution in [-0.4, -0.2) is 40.5 Å². The van der Waals surface area contributed by atoms with Gasteiger partial charge in [-0.05, 0) is 31.9 Å². The Labute approximate surface area is 106 Å². The molecule has 0 aliphatic heterocycles. The molecule has 1 aliphatic carbocycles. The number of hydrogen-bond donors (Lipinski definition) is 1. The summed E-state index contributed by atoms with van der Waals surface area (Å²) in [6, 6.07) is 2.64. The molecule has 1 N–H and O–H groups in total. The van der Waals surface area contributed by atoms with Crippen molar-refractivity contribution in [3.63, 3.8) is 0 Å². The molecule has 1 aromatic heterocycles. The minimum absolute atomic E-state index is 0.240. The molecule has 0 bridgehead atoms. The van der Waals surface area contributed by atoms with E-state index in [2.05, 4.69) is 14.9 Å². The molecule has 5 heteroatoms. The van der Waals surface area contributed by atoms with E-state index in [1.807, 2.05) is 12.3 Å². The lowest BCUT2D eigenvalue weighted by Gasteiger charge is -2.38. The number of nitrogens with zero attached hydrogens (tertiary/aromatic N) is 3. The average molecular weight is 253 g/mol. The van der Waals surface area contributed by atoms with Crippen molar-refractivity contribution in [1.29, 1.82) is 0 Å². The molecule has 94 valence electrons. The lowest BCUT2D eigenvalue weighted by molar-refractivity contribution is 0.282. The second-order valence-electron chi connectivity index (χ2n) is 4.27. The number of thioether (sulfide) groups is 1. The summed E-state index contributed by atoms with van der Waals surface area (Å²) in [5.41, 5.74) is 0. The Morgan fingerprint density at radius 2 is 2.29 bits per heavy atom. The molecule has 1 saturated carbocycles. The van der Waals surface area contributed by atoms with E-state index in [9.17, 15) is 0 Å². The smallest absolute Gasteiger partial charge is 0.133 e. The molecule has 0 saturated heterocycles. The van der Waals surface area contributed by atoms with Crippen molar-refractivity contribution >= 4 is 17.6 Å². The van der Waals surface area contributed by atoms with Crippen LogP contribution in [0.2, 0.25) is 0 Å². The van der Waals surface area contributed by atoms with Crippen molar-refractivity contribution in [1.82, 2.24) is 9.97 Å². The number of aliphatic hydroxyl groups is 1. The standard InChI is InChI=1S/C12H19N3OS/c1-17-12-8-11(13-9-14-12)15(6-3-7-16)10-4-2-5-10/h8-10,16H,2-7H2,1H3. The van der Waals surface area contributed by atoms with E-state index in [0.717, 1.165) is 23.8 Å². The van der Waals surface area contributed by atoms with E-state index in [4.69, 9.17) is 5.11 Å². The van der Waals surface area contributed by atoms with Gasteiger partial charge in [0.25, 0.3) is 0 Å². The predicted octanol–water partition coefficient (Wildman–Crippen LogP) is 1.94. The summed E-state index contributed by atoms with van der Waals surface area (Å²) in [5.74, 6) is 1.00. The van der Waals surface area contributed by atoms with Crippen LogP contribution in [0.25, 0.3) is 0 Å². The van der Waals surface area contributed by atoms with E-state index < -0.39 is 0 Å². The third-order valence-corrected chi connectivity index (χ3v) is 3.85. The molecule has 0 atom stereocenters. The Morgan fingerprint density at radius 3 is 2.88 bits per heavy atom. The molecule has 17 heavy (non-hydrogen) atoms. The minimum atomic E-state index is 0.240. The van der Waals surface area contributed by atoms with E-state index in [1.165, 1.54) is 19.3 Å². The highest BCUT2D eigenvalue weighted by atomic mass is 32.2. The first-order valence-electron chi connectivity index (χ1n) is 6.08. The summed E-state index contributed by atoms with van der Waals surface area (Å²) in [5, 5.41) is 9.97. The summed E-state index contributed by atoms with van der Waals surface area (Å²) in [4.78, 5) is 10.9. The van der Waals surface area contributed by atoms with Gasteiger partial charge in [-0.15, -0.1) is 11.8 Å². The van der Waals surface area contributed by atoms with Crippen LogP contribution in [0.3, 0.4) is 0 Å². The second-order valence-corrected chi connectivity index (χ2v) is 5.10. The van der Waals surface area contributed by atoms with Crippen LogP contribution in [0.4, 0.5) is 5.82 Å². The van der Waals surface area contributed by atoms with E-state index in [-0.39, 0.29) is 6.61 Å². The van der Waals surface area contributed by atoms with Crippen LogP contribution >= 0.6 is 11.8 Å². The first kappa shape index (κ1) is 12.6. The van der Waals surface area contributed by atoms with Gasteiger partial charge in [-0.25, -0.2) is 9.97 Å². The monoisotopic (exact) mass is 253 g/mol. The first-order valence-corrected chi connectivity index (χ1v) is 7.31. The molecular formula is C12H19N3OS. The van der Waals surface area contributed by atoms with Crippen molar-refractivity contribution in [2.45, 2.75) is 36.8 Å². The van der Waals surface area contributed by atoms with Crippen LogP contribution in [0.5, 0.6) is 0 Å². The molecule has 0 aromatic carbocycles. The Bertz CT molecular complexity index is 357. The summed E-state index contributed by atoms with van der Waals surface area (Å²) in [6.07, 6.45) is 8.24. The molecule has 0 spiro atoms. The molecule has 1 aromatic rings. The van der Waals surface area contributed by atoms with Crippen LogP contribution in [-0.2, 0) is 0 Å². The highest BCUT2D eigenvalue weighted by molar-refractivity contribution is 7.98. The van der Waals surface area contributed by atoms with Gasteiger partial charge in [-0.3, -0.25) is 0 Å². The summed E-state index contributed by atoms with van der Waals surface area (Å²) < 4.78 is 0. The van der Waals surface area contributed by atoms with Gasteiger partial charge in [0, 0.05) is 25.3 Å². The SMILES string of the molecule is CSc1cc(N(CCCO)C2CCC2)ncn1. The summed E-state index contributed by atoms with van der Waals surface area (Å²) in [7, 11) is 0. The maximum absolute atomic E-state index is 8.97. The number of anilines is 1. The van der Waals surface area contributed by atoms with Crippen molar-refractivity contribution < 1.29 is 5.11 Å². The third-order valence-electron chi connectivity index (χ3n) is 3.20. The topological polar surface area (TPSA) is 49.2 Å². The van der Waals surface area contributed by atoms with Crippen molar-refractivity contribution in [2.24, 2.45) is 0 Å². The van der Waals surface area contributed by atoms with Crippen molar-refractivity contribution in [3.8, 4) is 0 Å². The van der Waals surface area contributed by atoms with Gasteiger partial charge in [0.05, 0.1) is 0 Å². The van der Waals surface area contributed by atoms with E-state index in [1.54, 1.807) is 18.1 Å². The van der Waals surface area contributed by atoms with Crippen LogP contribution in [0.1, 0.15) is 25.7 Å². The zero-order valence-corrected chi connectivity index (χ0v) is 11.0. The molecule has 0 radical (unpaired) electrons. The van der Waals surface area contributed by atoms with Crippen LogP contribution in [0.15, 0.2) is 17.4 Å². The highest BCUT2D eigenvalue weighted by Gasteiger charge is 2.25. The zero-order chi connectivity index (χ0) is 12.1. The number of aromatic nitrogens is 2. The van der Waals surface area contributed by atoms with Gasteiger partial charge >= 0.3 is 0 Å². The van der Waals surface area contributed by atoms with Gasteiger partial charge in [-0.2, -0.15) is 0 Å². The molecule has 0 unspecified atom stereocenters. The molecule has 0 amide bonds. The van der Waals surface area contributed by atoms with Crippen molar-refractivity contribution in [2.75, 3.05) is 24.3 Å². The molecular weight excluding hydrogens is 234 g/mol. The Hall–Kier alpha value is -0.810. The average Bonchev–Trinajstić information content (AvgIpc) is 2.32. The first-order chi connectivity index (χ1) is 8.35. The number of hydrogen-bond acceptors (Lipinski definition) is 5. The zero-order valence-electron chi connectivity index (χ0n) is 10.2. The normalized spacial score (nSPS) is 15.6. The molecule has 1 fully saturated rings. The van der Waals surface area contributed by atoms with E-state index >= 15 is 0 Å². The van der Waals surface area contributed by atoms with Gasteiger partial charge in [0.15, 0.2) is 0 Å². The maximum Gasteiger partial charge on any atom is 0.133 e. The fourth-order valence-corrected chi connectivity index (χ4v) is 2.40. The number of aliphatic hydroxyl groups excluding tert-OH is 1. The summed E-state index contributed by atoms with van der Waals surface area (Å²) >= 11 is 1.63. The fourth-order valence-electron chi connectivity index (χ4n) is 2.02. The lowest BCUT2D eigenvalue weighted by atomic mass is 9.91.